The zero-order chi connectivity index (χ0) is 15.0. The predicted octanol–water partition coefficient (Wildman–Crippen LogP) is 1.01. The molecule has 0 atom stereocenters. The summed E-state index contributed by atoms with van der Waals surface area (Å²) >= 11 is 0. The van der Waals surface area contributed by atoms with E-state index in [0.29, 0.717) is 24.9 Å². The number of carbonyl (C=O) groups excluding carboxylic acids is 1. The lowest BCUT2D eigenvalue weighted by Gasteiger charge is -2.20. The zero-order valence-electron chi connectivity index (χ0n) is 12.4. The molecule has 2 N–H and O–H groups in total. The van der Waals surface area contributed by atoms with Gasteiger partial charge in [0.2, 0.25) is 5.91 Å². The van der Waals surface area contributed by atoms with Gasteiger partial charge in [0, 0.05) is 18.2 Å². The van der Waals surface area contributed by atoms with Crippen molar-refractivity contribution in [2.24, 2.45) is 0 Å². The molecule has 0 unspecified atom stereocenters. The summed E-state index contributed by atoms with van der Waals surface area (Å²) in [5, 5.41) is 11.7. The molecule has 1 amide bonds. The van der Waals surface area contributed by atoms with E-state index in [1.54, 1.807) is 0 Å². The fraction of sp³-hybridized carbons (Fsp3) is 0.533. The Morgan fingerprint density at radius 3 is 2.75 bits per heavy atom. The summed E-state index contributed by atoms with van der Waals surface area (Å²) in [5.74, 6) is 0.678. The van der Waals surface area contributed by atoms with Crippen LogP contribution in [0.3, 0.4) is 0 Å². The van der Waals surface area contributed by atoms with E-state index in [-0.39, 0.29) is 19.1 Å². The molecule has 1 aromatic carbocycles. The third-order valence-corrected chi connectivity index (χ3v) is 3.07. The van der Waals surface area contributed by atoms with Gasteiger partial charge in [0.15, 0.2) is 0 Å². The van der Waals surface area contributed by atoms with E-state index in [0.717, 1.165) is 5.56 Å². The van der Waals surface area contributed by atoms with Gasteiger partial charge in [-0.2, -0.15) is 0 Å². The molecule has 0 aliphatic carbocycles. The normalized spacial score (nSPS) is 10.9. The second kappa shape index (κ2) is 8.55. The first-order valence-electron chi connectivity index (χ1n) is 6.83. The summed E-state index contributed by atoms with van der Waals surface area (Å²) in [5.41, 5.74) is 0.904. The van der Waals surface area contributed by atoms with Crippen LogP contribution in [0.1, 0.15) is 19.4 Å². The van der Waals surface area contributed by atoms with Gasteiger partial charge in [-0.15, -0.1) is 0 Å². The van der Waals surface area contributed by atoms with E-state index in [2.05, 4.69) is 5.32 Å². The van der Waals surface area contributed by atoms with E-state index in [1.807, 2.05) is 50.1 Å². The van der Waals surface area contributed by atoms with Gasteiger partial charge < -0.3 is 15.2 Å². The molecule has 0 saturated heterocycles. The Kier molecular flexibility index (Phi) is 7.04. The first-order chi connectivity index (χ1) is 9.54. The minimum absolute atomic E-state index is 0.0156. The Balaban J connectivity index is 2.50. The highest BCUT2D eigenvalue weighted by Gasteiger charge is 2.10. The maximum Gasteiger partial charge on any atom is 0.234 e. The molecular formula is C15H24N2O3. The second-order valence-electron chi connectivity index (χ2n) is 4.97. The molecule has 1 aromatic rings. The first-order valence-corrected chi connectivity index (χ1v) is 6.83. The number of aliphatic hydroxyl groups is 1. The smallest absolute Gasteiger partial charge is 0.234 e. The Bertz CT molecular complexity index is 421. The summed E-state index contributed by atoms with van der Waals surface area (Å²) in [6.07, 6.45) is 0. The molecule has 0 aromatic heterocycles. The average Bonchev–Trinajstić information content (AvgIpc) is 2.43. The molecule has 0 bridgehead atoms. The molecule has 1 rings (SSSR count). The van der Waals surface area contributed by atoms with Gasteiger partial charge in [0.1, 0.15) is 12.4 Å². The quantitative estimate of drug-likeness (QED) is 0.746. The number of hydrogen-bond acceptors (Lipinski definition) is 4. The molecule has 0 fully saturated rings. The van der Waals surface area contributed by atoms with Crippen LogP contribution in [0.25, 0.3) is 0 Å². The molecule has 0 radical (unpaired) electrons. The predicted molar refractivity (Wildman–Crippen MR) is 78.6 cm³/mol. The van der Waals surface area contributed by atoms with Crippen LogP contribution in [0, 0.1) is 0 Å². The highest BCUT2D eigenvalue weighted by Crippen LogP contribution is 2.17. The Labute approximate surface area is 120 Å². The fourth-order valence-corrected chi connectivity index (χ4v) is 1.61. The standard InChI is InChI=1S/C15H24N2O3/c1-12(2)17(3)11-15(19)16-10-13-6-4-5-7-14(13)20-9-8-18/h4-7,12,18H,8-11H2,1-3H3,(H,16,19). The molecule has 20 heavy (non-hydrogen) atoms. The molecule has 0 aliphatic heterocycles. The SMILES string of the molecule is CC(C)N(C)CC(=O)NCc1ccccc1OCCO. The highest BCUT2D eigenvalue weighted by atomic mass is 16.5. The summed E-state index contributed by atoms with van der Waals surface area (Å²) < 4.78 is 5.43. The summed E-state index contributed by atoms with van der Waals surface area (Å²) in [7, 11) is 1.92. The molecule has 0 heterocycles. The number of ether oxygens (including phenoxy) is 1. The Morgan fingerprint density at radius 2 is 2.10 bits per heavy atom. The van der Waals surface area contributed by atoms with E-state index < -0.39 is 0 Å². The van der Waals surface area contributed by atoms with Gasteiger partial charge in [0.05, 0.1) is 13.2 Å². The average molecular weight is 280 g/mol. The van der Waals surface area contributed by atoms with Crippen molar-refractivity contribution >= 4 is 5.91 Å². The van der Waals surface area contributed by atoms with Crippen LogP contribution in [0.4, 0.5) is 0 Å². The van der Waals surface area contributed by atoms with Crippen LogP contribution in [0.2, 0.25) is 0 Å². The van der Waals surface area contributed by atoms with Crippen molar-refractivity contribution in [2.75, 3.05) is 26.8 Å². The Morgan fingerprint density at radius 1 is 1.40 bits per heavy atom. The molecule has 0 spiro atoms. The number of carbonyl (C=O) groups is 1. The van der Waals surface area contributed by atoms with Gasteiger partial charge in [-0.1, -0.05) is 18.2 Å². The molecule has 0 aliphatic rings. The molecule has 5 heteroatoms. The number of para-hydroxylation sites is 1. The topological polar surface area (TPSA) is 61.8 Å². The van der Waals surface area contributed by atoms with Crippen LogP contribution >= 0.6 is 0 Å². The maximum atomic E-state index is 11.8. The van der Waals surface area contributed by atoms with Crippen LogP contribution in [-0.4, -0.2) is 48.8 Å². The minimum Gasteiger partial charge on any atom is -0.491 e. The first kappa shape index (κ1) is 16.5. The number of aliphatic hydroxyl groups excluding tert-OH is 1. The van der Waals surface area contributed by atoms with E-state index in [4.69, 9.17) is 9.84 Å². The van der Waals surface area contributed by atoms with Gasteiger partial charge in [0.25, 0.3) is 0 Å². The van der Waals surface area contributed by atoms with Gasteiger partial charge in [-0.3, -0.25) is 9.69 Å². The molecular weight excluding hydrogens is 256 g/mol. The summed E-state index contributed by atoms with van der Waals surface area (Å²) in [6, 6.07) is 7.83. The highest BCUT2D eigenvalue weighted by molar-refractivity contribution is 5.78. The van der Waals surface area contributed by atoms with E-state index in [9.17, 15) is 4.79 Å². The third kappa shape index (κ3) is 5.59. The molecule has 5 nitrogen and oxygen atoms in total. The molecule has 112 valence electrons. The van der Waals surface area contributed by atoms with Crippen molar-refractivity contribution in [3.8, 4) is 5.75 Å². The maximum absolute atomic E-state index is 11.8. The second-order valence-corrected chi connectivity index (χ2v) is 4.97. The van der Waals surface area contributed by atoms with E-state index >= 15 is 0 Å². The van der Waals surface area contributed by atoms with Crippen molar-refractivity contribution in [3.63, 3.8) is 0 Å². The lowest BCUT2D eigenvalue weighted by molar-refractivity contribution is -0.122. The van der Waals surface area contributed by atoms with Gasteiger partial charge in [-0.25, -0.2) is 0 Å². The Hall–Kier alpha value is -1.59. The van der Waals surface area contributed by atoms with Crippen LogP contribution in [-0.2, 0) is 11.3 Å². The largest absolute Gasteiger partial charge is 0.491 e. The number of rotatable bonds is 8. The third-order valence-electron chi connectivity index (χ3n) is 3.07. The number of nitrogens with one attached hydrogen (secondary N) is 1. The molecule has 0 saturated carbocycles. The van der Waals surface area contributed by atoms with Crippen LogP contribution < -0.4 is 10.1 Å². The number of amides is 1. The van der Waals surface area contributed by atoms with Gasteiger partial charge in [-0.05, 0) is 27.0 Å². The van der Waals surface area contributed by atoms with Crippen molar-refractivity contribution in [1.29, 1.82) is 0 Å². The lowest BCUT2D eigenvalue weighted by Crippen LogP contribution is -2.38. The van der Waals surface area contributed by atoms with Gasteiger partial charge >= 0.3 is 0 Å². The van der Waals surface area contributed by atoms with Crippen LogP contribution in [0.5, 0.6) is 5.75 Å². The van der Waals surface area contributed by atoms with E-state index in [1.165, 1.54) is 0 Å². The van der Waals surface area contributed by atoms with Crippen molar-refractivity contribution in [1.82, 2.24) is 10.2 Å². The minimum atomic E-state index is -0.0279. The van der Waals surface area contributed by atoms with Crippen LogP contribution in [0.15, 0.2) is 24.3 Å². The monoisotopic (exact) mass is 280 g/mol. The summed E-state index contributed by atoms with van der Waals surface area (Å²) in [6.45, 7) is 5.11. The fourth-order valence-electron chi connectivity index (χ4n) is 1.61. The lowest BCUT2D eigenvalue weighted by atomic mass is 10.2. The summed E-state index contributed by atoms with van der Waals surface area (Å²) in [4.78, 5) is 13.8. The number of likely N-dealkylation sites (N-methyl/N-ethyl adjacent to an activating group) is 1. The van der Waals surface area contributed by atoms with Crippen molar-refractivity contribution in [2.45, 2.75) is 26.4 Å². The number of benzene rings is 1. The zero-order valence-corrected chi connectivity index (χ0v) is 12.4. The number of nitrogens with zero attached hydrogens (tertiary/aromatic N) is 1. The van der Waals surface area contributed by atoms with Crippen molar-refractivity contribution in [3.05, 3.63) is 29.8 Å². The number of hydrogen-bond donors (Lipinski definition) is 2. The van der Waals surface area contributed by atoms with Crippen molar-refractivity contribution < 1.29 is 14.6 Å².